The van der Waals surface area contributed by atoms with Gasteiger partial charge in [0.25, 0.3) is 0 Å². The zero-order chi connectivity index (χ0) is 36.7. The zero-order valence-corrected chi connectivity index (χ0v) is 31.2. The molecule has 13 heteroatoms. The van der Waals surface area contributed by atoms with E-state index < -0.39 is 19.2 Å². The largest absolute Gasteiger partial charge is 0.504 e. The first-order valence-corrected chi connectivity index (χ1v) is 20.8. The van der Waals surface area contributed by atoms with Crippen molar-refractivity contribution in [2.75, 3.05) is 12.5 Å². The van der Waals surface area contributed by atoms with Gasteiger partial charge >= 0.3 is 0 Å². The number of aliphatic hydroxyl groups excluding tert-OH is 3. The molecule has 0 amide bonds. The quantitative estimate of drug-likeness (QED) is 0.137. The number of phenols is 2. The van der Waals surface area contributed by atoms with Crippen molar-refractivity contribution in [3.8, 4) is 34.8 Å². The third-order valence-electron chi connectivity index (χ3n) is 11.7. The maximum atomic E-state index is 13.6. The SMILES string of the molecule is CC(C)C1CSSC2C3CCC(NC(N)=N1)C2C1Cc2c4cc(c(O)c2OC1O)CC#Cc1c(ccc(O)c1OCO)CCC(=O)CC(O)C(C4)C3. The van der Waals surface area contributed by atoms with Gasteiger partial charge in [-0.25, -0.2) is 4.99 Å². The van der Waals surface area contributed by atoms with Crippen molar-refractivity contribution in [1.82, 2.24) is 5.32 Å². The summed E-state index contributed by atoms with van der Waals surface area (Å²) in [6.07, 6.45) is 1.83. The molecule has 0 spiro atoms. The molecule has 7 rings (SSSR count). The number of fused-ring (bicyclic) bond motifs is 4. The Morgan fingerprint density at radius 3 is 2.71 bits per heavy atom. The second-order valence-electron chi connectivity index (χ2n) is 15.3. The second kappa shape index (κ2) is 15.6. The van der Waals surface area contributed by atoms with E-state index >= 15 is 0 Å². The van der Waals surface area contributed by atoms with E-state index in [1.807, 2.05) is 16.9 Å². The lowest BCUT2D eigenvalue weighted by Gasteiger charge is -2.50. The average Bonchev–Trinajstić information content (AvgIpc) is 3.10. The molecule has 1 fully saturated rings. The summed E-state index contributed by atoms with van der Waals surface area (Å²) in [4.78, 5) is 18.4. The summed E-state index contributed by atoms with van der Waals surface area (Å²) in [5.74, 6) is 7.17. The number of nitrogens with two attached hydrogens (primary N) is 1. The van der Waals surface area contributed by atoms with Crippen LogP contribution in [0.15, 0.2) is 23.2 Å². The fourth-order valence-electron chi connectivity index (χ4n) is 8.93. The fourth-order valence-corrected chi connectivity index (χ4v) is 12.7. The Morgan fingerprint density at radius 1 is 1.10 bits per heavy atom. The summed E-state index contributed by atoms with van der Waals surface area (Å²) in [5, 5.41) is 59.1. The first kappa shape index (κ1) is 37.1. The van der Waals surface area contributed by atoms with Crippen molar-refractivity contribution in [3.05, 3.63) is 46.0 Å². The second-order valence-corrected chi connectivity index (χ2v) is 17.9. The molecular formula is C39H49N3O8S2. The van der Waals surface area contributed by atoms with Crippen molar-refractivity contribution in [3.63, 3.8) is 0 Å². The number of hydrogen-bond donors (Lipinski definition) is 7. The molecule has 2 aromatic rings. The molecule has 0 radical (unpaired) electrons. The van der Waals surface area contributed by atoms with Crippen molar-refractivity contribution < 1.29 is 39.8 Å². The number of carbonyl (C=O) groups excluding carboxylic acids is 1. The lowest BCUT2D eigenvalue weighted by atomic mass is 9.65. The molecule has 2 heterocycles. The minimum atomic E-state index is -1.18. The summed E-state index contributed by atoms with van der Waals surface area (Å²) in [6, 6.07) is 5.06. The summed E-state index contributed by atoms with van der Waals surface area (Å²) in [6.45, 7) is 3.63. The molecule has 3 aliphatic carbocycles. The maximum Gasteiger partial charge on any atom is 0.201 e. The van der Waals surface area contributed by atoms with Crippen molar-refractivity contribution >= 4 is 33.3 Å². The Balaban J connectivity index is 1.34. The minimum absolute atomic E-state index is 0.00924. The number of guanidine groups is 1. The van der Waals surface area contributed by atoms with Crippen LogP contribution in [0.5, 0.6) is 23.0 Å². The van der Waals surface area contributed by atoms with Crippen LogP contribution in [0.25, 0.3) is 0 Å². The van der Waals surface area contributed by atoms with Gasteiger partial charge in [0.2, 0.25) is 6.29 Å². The number of aromatic hydroxyl groups is 2. The van der Waals surface area contributed by atoms with Gasteiger partial charge in [-0.1, -0.05) is 59.4 Å². The third kappa shape index (κ3) is 7.42. The van der Waals surface area contributed by atoms with Crippen LogP contribution in [0.4, 0.5) is 0 Å². The summed E-state index contributed by atoms with van der Waals surface area (Å²) < 4.78 is 11.7. The molecule has 1 saturated carbocycles. The van der Waals surface area contributed by atoms with Gasteiger partial charge in [-0.15, -0.1) is 0 Å². The number of ketones is 1. The van der Waals surface area contributed by atoms with Gasteiger partial charge in [-0.3, -0.25) is 4.79 Å². The first-order valence-electron chi connectivity index (χ1n) is 18.4. The number of nitrogens with one attached hydrogen (secondary N) is 1. The van der Waals surface area contributed by atoms with E-state index in [0.717, 1.165) is 29.7 Å². The zero-order valence-electron chi connectivity index (χ0n) is 29.6. The third-order valence-corrected chi connectivity index (χ3v) is 14.7. The summed E-state index contributed by atoms with van der Waals surface area (Å²) >= 11 is 0. The molecule has 8 N–H and O–H groups in total. The number of rotatable bonds is 3. The lowest BCUT2D eigenvalue weighted by molar-refractivity contribution is -0.122. The molecule has 52 heavy (non-hydrogen) atoms. The number of benzene rings is 2. The molecule has 9 atom stereocenters. The number of nitrogens with zero attached hydrogens (tertiary/aromatic N) is 1. The van der Waals surface area contributed by atoms with Gasteiger partial charge in [0.05, 0.1) is 17.7 Å². The molecule has 11 nitrogen and oxygen atoms in total. The van der Waals surface area contributed by atoms with E-state index in [1.165, 1.54) is 6.07 Å². The highest BCUT2D eigenvalue weighted by molar-refractivity contribution is 8.77. The van der Waals surface area contributed by atoms with Gasteiger partial charge in [0.15, 0.2) is 35.8 Å². The molecule has 280 valence electrons. The predicted octanol–water partition coefficient (Wildman–Crippen LogP) is 3.81. The fraction of sp³-hybridized carbons (Fsp3) is 0.590. The van der Waals surface area contributed by atoms with Crippen LogP contribution in [0, 0.1) is 41.4 Å². The highest BCUT2D eigenvalue weighted by Gasteiger charge is 2.50. The summed E-state index contributed by atoms with van der Waals surface area (Å²) in [5.41, 5.74) is 9.78. The van der Waals surface area contributed by atoms with Crippen LogP contribution in [0.2, 0.25) is 0 Å². The standard InChI is InChI=1S/C39H49N3O8S2/c1-19(2)30-17-51-52-37-22-7-10-29(41-39(40)42-30)33(37)28-16-27-23-12-21(34(47)36(27)50-38(28)48)4-3-5-26-20(8-11-31(45)35(26)49-18-43)6-9-25(44)15-32(46)24(13-22)14-23/h8,11-12,19,22,24,28-30,32-33,37-38,43,45-48H,4,6-7,9-10,13-18H2,1-2H3,(H3,40,41,42). The van der Waals surface area contributed by atoms with Gasteiger partial charge < -0.3 is 46.1 Å². The topological polar surface area (TPSA) is 187 Å². The lowest BCUT2D eigenvalue weighted by Crippen LogP contribution is -2.58. The van der Waals surface area contributed by atoms with Crippen LogP contribution in [0.3, 0.4) is 0 Å². The molecule has 5 aliphatic rings. The number of ether oxygens (including phenoxy) is 2. The van der Waals surface area contributed by atoms with Crippen molar-refractivity contribution in [2.45, 2.75) is 101 Å². The van der Waals surface area contributed by atoms with E-state index in [9.17, 15) is 30.3 Å². The highest BCUT2D eigenvalue weighted by atomic mass is 33.1. The van der Waals surface area contributed by atoms with Crippen LogP contribution >= 0.6 is 21.6 Å². The Hall–Kier alpha value is -3.28. The number of hydrogen-bond acceptors (Lipinski definition) is 13. The maximum absolute atomic E-state index is 13.6. The predicted molar refractivity (Wildman–Crippen MR) is 201 cm³/mol. The normalized spacial score (nSPS) is 31.8. The van der Waals surface area contributed by atoms with Crippen molar-refractivity contribution in [2.24, 2.45) is 40.3 Å². The van der Waals surface area contributed by atoms with E-state index in [1.54, 1.807) is 16.9 Å². The monoisotopic (exact) mass is 751 g/mol. The van der Waals surface area contributed by atoms with E-state index in [0.29, 0.717) is 54.3 Å². The molecule has 0 aromatic heterocycles. The van der Waals surface area contributed by atoms with Crippen LogP contribution in [-0.4, -0.2) is 79.5 Å². The number of phenolic OH excluding ortho intramolecular Hbond substituents is 2. The summed E-state index contributed by atoms with van der Waals surface area (Å²) in [7, 11) is 3.65. The average molecular weight is 752 g/mol. The van der Waals surface area contributed by atoms with Gasteiger partial charge in [0.1, 0.15) is 5.78 Å². The Bertz CT molecular complexity index is 1780. The molecule has 9 bridgehead atoms. The van der Waals surface area contributed by atoms with Crippen LogP contribution in [-0.2, 0) is 30.5 Å². The minimum Gasteiger partial charge on any atom is -0.504 e. The van der Waals surface area contributed by atoms with Crippen LogP contribution < -0.4 is 20.5 Å². The number of Topliss-reactive ketones (excluding diaryl/α,β-unsaturated/α-hetero) is 1. The molecular weight excluding hydrogens is 703 g/mol. The highest BCUT2D eigenvalue weighted by Crippen LogP contribution is 2.54. The Morgan fingerprint density at radius 2 is 1.92 bits per heavy atom. The Labute approximate surface area is 312 Å². The molecule has 0 saturated heterocycles. The van der Waals surface area contributed by atoms with Gasteiger partial charge in [0, 0.05) is 59.3 Å². The smallest absolute Gasteiger partial charge is 0.201 e. The molecule has 9 unspecified atom stereocenters. The first-order chi connectivity index (χ1) is 25.0. The number of aliphatic imine (C=N–C) groups is 1. The van der Waals surface area contributed by atoms with E-state index in [2.05, 4.69) is 31.0 Å². The van der Waals surface area contributed by atoms with Gasteiger partial charge in [-0.2, -0.15) is 0 Å². The van der Waals surface area contributed by atoms with E-state index in [-0.39, 0.29) is 89.0 Å². The molecule has 2 aliphatic heterocycles. The number of aryl methyl sites for hydroxylation is 1. The number of aliphatic hydroxyl groups is 3. The van der Waals surface area contributed by atoms with Crippen molar-refractivity contribution in [1.29, 1.82) is 0 Å². The number of carbonyl (C=O) groups is 1. The van der Waals surface area contributed by atoms with Gasteiger partial charge in [-0.05, 0) is 73.5 Å². The Kier molecular flexibility index (Phi) is 11.1. The molecule has 2 aromatic carbocycles. The van der Waals surface area contributed by atoms with Crippen LogP contribution in [0.1, 0.15) is 73.8 Å². The van der Waals surface area contributed by atoms with E-state index in [4.69, 9.17) is 20.2 Å².